The van der Waals surface area contributed by atoms with Crippen LogP contribution in [0.25, 0.3) is 0 Å². The predicted molar refractivity (Wildman–Crippen MR) is 142 cm³/mol. The number of sulfonamides is 1. The smallest absolute Gasteiger partial charge is 0.322 e. The van der Waals surface area contributed by atoms with Gasteiger partial charge < -0.3 is 24.8 Å². The molecule has 2 aromatic carbocycles. The van der Waals surface area contributed by atoms with Crippen LogP contribution in [0.1, 0.15) is 31.4 Å². The van der Waals surface area contributed by atoms with Crippen molar-refractivity contribution in [3.8, 4) is 5.75 Å². The van der Waals surface area contributed by atoms with Gasteiger partial charge in [0, 0.05) is 68.3 Å². The normalized spacial score (nSPS) is 16.5. The number of hydrogen-bond donors (Lipinski definition) is 2. The average Bonchev–Trinajstić information content (AvgIpc) is 2.91. The highest BCUT2D eigenvalue weighted by atomic mass is 32.2. The molecule has 0 spiro atoms. The van der Waals surface area contributed by atoms with E-state index < -0.39 is 10.0 Å². The van der Waals surface area contributed by atoms with Crippen LogP contribution in [-0.4, -0.2) is 77.2 Å². The lowest BCUT2D eigenvalue weighted by Crippen LogP contribution is -2.47. The maximum atomic E-state index is 13.2. The molecule has 2 N–H and O–H groups in total. The minimum Gasteiger partial charge on any atom is -0.496 e. The molecule has 0 unspecified atom stereocenters. The fraction of sp³-hybridized carbons (Fsp3) is 0.500. The highest BCUT2D eigenvalue weighted by Crippen LogP contribution is 2.36. The van der Waals surface area contributed by atoms with Crippen LogP contribution in [0.15, 0.2) is 41.3 Å². The number of piperazine rings is 1. The van der Waals surface area contributed by atoms with E-state index in [0.29, 0.717) is 25.3 Å². The third-order valence-electron chi connectivity index (χ3n) is 6.97. The zero-order chi connectivity index (χ0) is 25.7. The van der Waals surface area contributed by atoms with Crippen LogP contribution in [0.2, 0.25) is 0 Å². The van der Waals surface area contributed by atoms with Crippen molar-refractivity contribution in [2.75, 3.05) is 63.1 Å². The molecular formula is C26H37N5O4S. The Morgan fingerprint density at radius 2 is 1.69 bits per heavy atom. The summed E-state index contributed by atoms with van der Waals surface area (Å²) in [5.41, 5.74) is 4.05. The van der Waals surface area contributed by atoms with Gasteiger partial charge in [-0.1, -0.05) is 13.8 Å². The second kappa shape index (κ2) is 11.5. The number of nitrogens with one attached hydrogen (secondary N) is 2. The highest BCUT2D eigenvalue weighted by Gasteiger charge is 2.28. The zero-order valence-corrected chi connectivity index (χ0v) is 22.2. The Morgan fingerprint density at radius 3 is 2.33 bits per heavy atom. The zero-order valence-electron chi connectivity index (χ0n) is 21.4. The molecule has 196 valence electrons. The van der Waals surface area contributed by atoms with Crippen molar-refractivity contribution in [2.24, 2.45) is 0 Å². The molecule has 2 heterocycles. The summed E-state index contributed by atoms with van der Waals surface area (Å²) in [6.45, 7) is 10.6. The third kappa shape index (κ3) is 5.77. The summed E-state index contributed by atoms with van der Waals surface area (Å²) in [5, 5.41) is 2.93. The Balaban J connectivity index is 1.48. The molecule has 0 saturated carbocycles. The van der Waals surface area contributed by atoms with Gasteiger partial charge in [0.25, 0.3) is 0 Å². The number of anilines is 2. The molecule has 9 nitrogen and oxygen atoms in total. The Labute approximate surface area is 214 Å². The van der Waals surface area contributed by atoms with Crippen molar-refractivity contribution in [3.63, 3.8) is 0 Å². The standard InChI is InChI=1S/C26H37N5O4S/c1-4-13-27-36(33,34)21-8-6-20(7-9-21)28-26(32)31-14-12-22-23(19-31)24(10-11-25(22)35-3)30-17-15-29(5-2)16-18-30/h6-11,27H,4-5,12-19H2,1-3H3,(H,28,32). The maximum Gasteiger partial charge on any atom is 0.322 e. The monoisotopic (exact) mass is 515 g/mol. The SMILES string of the molecule is CCCNS(=O)(=O)c1ccc(NC(=O)N2CCc3c(OC)ccc(N4CCN(CC)CC4)c3C2)cc1. The van der Waals surface area contributed by atoms with E-state index in [9.17, 15) is 13.2 Å². The van der Waals surface area contributed by atoms with E-state index in [2.05, 4.69) is 32.8 Å². The molecule has 0 atom stereocenters. The fourth-order valence-electron chi connectivity index (χ4n) is 4.83. The summed E-state index contributed by atoms with van der Waals surface area (Å²) in [6, 6.07) is 10.2. The second-order valence-corrected chi connectivity index (χ2v) is 11.0. The number of urea groups is 1. The summed E-state index contributed by atoms with van der Waals surface area (Å²) >= 11 is 0. The Kier molecular flexibility index (Phi) is 8.38. The molecule has 10 heteroatoms. The number of amides is 2. The molecule has 1 fully saturated rings. The van der Waals surface area contributed by atoms with E-state index in [4.69, 9.17) is 4.74 Å². The first-order valence-electron chi connectivity index (χ1n) is 12.7. The van der Waals surface area contributed by atoms with Crippen LogP contribution < -0.4 is 19.7 Å². The number of methoxy groups -OCH3 is 1. The quantitative estimate of drug-likeness (QED) is 0.561. The van der Waals surface area contributed by atoms with E-state index in [-0.39, 0.29) is 10.9 Å². The average molecular weight is 516 g/mol. The Bertz CT molecular complexity index is 1160. The number of hydrogen-bond acceptors (Lipinski definition) is 6. The number of carbonyl (C=O) groups excluding carboxylic acids is 1. The number of fused-ring (bicyclic) bond motifs is 1. The van der Waals surface area contributed by atoms with Gasteiger partial charge in [0.2, 0.25) is 10.0 Å². The number of nitrogens with zero attached hydrogens (tertiary/aromatic N) is 3. The van der Waals surface area contributed by atoms with Gasteiger partial charge in [0.1, 0.15) is 5.75 Å². The lowest BCUT2D eigenvalue weighted by atomic mass is 9.96. The van der Waals surface area contributed by atoms with Gasteiger partial charge in [0.15, 0.2) is 0 Å². The summed E-state index contributed by atoms with van der Waals surface area (Å²) in [7, 11) is -1.85. The van der Waals surface area contributed by atoms with Gasteiger partial charge in [-0.15, -0.1) is 0 Å². The summed E-state index contributed by atoms with van der Waals surface area (Å²) in [5.74, 6) is 0.870. The second-order valence-electron chi connectivity index (χ2n) is 9.19. The first kappa shape index (κ1) is 26.2. The fourth-order valence-corrected chi connectivity index (χ4v) is 5.97. The largest absolute Gasteiger partial charge is 0.496 e. The summed E-state index contributed by atoms with van der Waals surface area (Å²) in [6.07, 6.45) is 1.43. The third-order valence-corrected chi connectivity index (χ3v) is 8.45. The molecule has 2 amide bonds. The maximum absolute atomic E-state index is 13.2. The minimum absolute atomic E-state index is 0.181. The van der Waals surface area contributed by atoms with Gasteiger partial charge in [-0.3, -0.25) is 0 Å². The topological polar surface area (TPSA) is 94.2 Å². The predicted octanol–water partition coefficient (Wildman–Crippen LogP) is 3.12. The number of benzene rings is 2. The van der Waals surface area contributed by atoms with Gasteiger partial charge in [0.05, 0.1) is 12.0 Å². The van der Waals surface area contributed by atoms with E-state index in [1.54, 1.807) is 24.1 Å². The molecular weight excluding hydrogens is 478 g/mol. The van der Waals surface area contributed by atoms with Gasteiger partial charge in [-0.05, 0) is 55.8 Å². The molecule has 2 aliphatic heterocycles. The molecule has 0 bridgehead atoms. The first-order chi connectivity index (χ1) is 17.4. The van der Waals surface area contributed by atoms with E-state index in [1.165, 1.54) is 23.4 Å². The van der Waals surface area contributed by atoms with Crippen molar-refractivity contribution in [1.82, 2.24) is 14.5 Å². The molecule has 0 radical (unpaired) electrons. The molecule has 2 aromatic rings. The summed E-state index contributed by atoms with van der Waals surface area (Å²) in [4.78, 5) is 20.0. The van der Waals surface area contributed by atoms with Gasteiger partial charge in [-0.2, -0.15) is 0 Å². The number of carbonyl (C=O) groups is 1. The van der Waals surface area contributed by atoms with Crippen LogP contribution in [-0.2, 0) is 23.0 Å². The van der Waals surface area contributed by atoms with E-state index in [1.807, 2.05) is 13.0 Å². The van der Waals surface area contributed by atoms with Crippen molar-refractivity contribution < 1.29 is 17.9 Å². The molecule has 1 saturated heterocycles. The molecule has 0 aliphatic carbocycles. The van der Waals surface area contributed by atoms with Crippen LogP contribution in [0.4, 0.5) is 16.2 Å². The lowest BCUT2D eigenvalue weighted by molar-refractivity contribution is 0.205. The minimum atomic E-state index is -3.54. The van der Waals surface area contributed by atoms with Crippen LogP contribution >= 0.6 is 0 Å². The van der Waals surface area contributed by atoms with Gasteiger partial charge in [-0.25, -0.2) is 17.9 Å². The number of likely N-dealkylation sites (N-methyl/N-ethyl adjacent to an activating group) is 1. The number of ether oxygens (including phenoxy) is 1. The van der Waals surface area contributed by atoms with Crippen LogP contribution in [0, 0.1) is 0 Å². The highest BCUT2D eigenvalue weighted by molar-refractivity contribution is 7.89. The van der Waals surface area contributed by atoms with Crippen molar-refractivity contribution in [3.05, 3.63) is 47.5 Å². The molecule has 36 heavy (non-hydrogen) atoms. The van der Waals surface area contributed by atoms with Crippen LogP contribution in [0.3, 0.4) is 0 Å². The lowest BCUT2D eigenvalue weighted by Gasteiger charge is -2.39. The first-order valence-corrected chi connectivity index (χ1v) is 14.2. The Morgan fingerprint density at radius 1 is 0.972 bits per heavy atom. The molecule has 0 aromatic heterocycles. The van der Waals surface area contributed by atoms with Crippen molar-refractivity contribution >= 4 is 27.4 Å². The molecule has 4 rings (SSSR count). The molecule has 2 aliphatic rings. The van der Waals surface area contributed by atoms with E-state index >= 15 is 0 Å². The van der Waals surface area contributed by atoms with Crippen molar-refractivity contribution in [1.29, 1.82) is 0 Å². The number of rotatable bonds is 8. The van der Waals surface area contributed by atoms with Gasteiger partial charge >= 0.3 is 6.03 Å². The van der Waals surface area contributed by atoms with Crippen molar-refractivity contribution in [2.45, 2.75) is 38.1 Å². The Hall–Kier alpha value is -2.82. The van der Waals surface area contributed by atoms with Crippen LogP contribution in [0.5, 0.6) is 5.75 Å². The summed E-state index contributed by atoms with van der Waals surface area (Å²) < 4.78 is 32.8. The van der Waals surface area contributed by atoms with E-state index in [0.717, 1.165) is 56.9 Å².